The molecule has 0 aliphatic carbocycles. The van der Waals surface area contributed by atoms with Crippen LogP contribution in [0, 0.1) is 6.92 Å². The fourth-order valence-corrected chi connectivity index (χ4v) is 2.21. The lowest BCUT2D eigenvalue weighted by atomic mass is 10.1. The Bertz CT molecular complexity index is 652. The highest BCUT2D eigenvalue weighted by Crippen LogP contribution is 2.30. The molecule has 2 aromatic carbocycles. The van der Waals surface area contributed by atoms with Crippen LogP contribution in [0.4, 0.5) is 17.1 Å². The van der Waals surface area contributed by atoms with Crippen LogP contribution in [0.1, 0.15) is 22.8 Å². The number of nitrogens with zero attached hydrogens (tertiary/aromatic N) is 1. The van der Waals surface area contributed by atoms with Crippen molar-refractivity contribution < 1.29 is 4.79 Å². The second-order valence-electron chi connectivity index (χ2n) is 5.03. The van der Waals surface area contributed by atoms with E-state index in [2.05, 4.69) is 11.4 Å². The summed E-state index contributed by atoms with van der Waals surface area (Å²) in [5.74, 6) is -0.0867. The van der Waals surface area contributed by atoms with E-state index in [9.17, 15) is 4.79 Å². The number of carbonyl (C=O) groups is 1. The van der Waals surface area contributed by atoms with Crippen LogP contribution in [0.15, 0.2) is 42.5 Å². The fraction of sp³-hybridized carbons (Fsp3) is 0.235. The molecule has 110 valence electrons. The first-order valence-corrected chi connectivity index (χ1v) is 7.01. The summed E-state index contributed by atoms with van der Waals surface area (Å²) in [6.45, 7) is 4.55. The van der Waals surface area contributed by atoms with Crippen LogP contribution in [-0.4, -0.2) is 19.5 Å². The molecule has 4 heteroatoms. The van der Waals surface area contributed by atoms with E-state index in [0.717, 1.165) is 11.4 Å². The zero-order valence-electron chi connectivity index (χ0n) is 12.7. The van der Waals surface area contributed by atoms with E-state index in [-0.39, 0.29) is 5.91 Å². The van der Waals surface area contributed by atoms with E-state index in [4.69, 9.17) is 5.73 Å². The van der Waals surface area contributed by atoms with E-state index < -0.39 is 0 Å². The number of hydrogen-bond donors (Lipinski definition) is 2. The zero-order valence-corrected chi connectivity index (χ0v) is 12.7. The highest BCUT2D eigenvalue weighted by atomic mass is 16.1. The summed E-state index contributed by atoms with van der Waals surface area (Å²) >= 11 is 0. The predicted molar refractivity (Wildman–Crippen MR) is 88.1 cm³/mol. The monoisotopic (exact) mass is 283 g/mol. The van der Waals surface area contributed by atoms with Gasteiger partial charge < -0.3 is 16.0 Å². The van der Waals surface area contributed by atoms with Crippen molar-refractivity contribution in [3.8, 4) is 0 Å². The van der Waals surface area contributed by atoms with Gasteiger partial charge in [-0.25, -0.2) is 0 Å². The molecule has 2 aromatic rings. The van der Waals surface area contributed by atoms with Gasteiger partial charge >= 0.3 is 0 Å². The number of benzene rings is 2. The van der Waals surface area contributed by atoms with Gasteiger partial charge in [0.25, 0.3) is 5.91 Å². The minimum absolute atomic E-state index is 0.0867. The summed E-state index contributed by atoms with van der Waals surface area (Å²) in [7, 11) is 1.95. The summed E-state index contributed by atoms with van der Waals surface area (Å²) in [5, 5.41) is 2.80. The number of anilines is 3. The molecule has 0 radical (unpaired) electrons. The third-order valence-electron chi connectivity index (χ3n) is 3.38. The first kappa shape index (κ1) is 14.9. The molecule has 0 bridgehead atoms. The number of carbonyl (C=O) groups excluding carboxylic acids is 1. The van der Waals surface area contributed by atoms with Crippen LogP contribution in [0.3, 0.4) is 0 Å². The lowest BCUT2D eigenvalue weighted by Crippen LogP contribution is -2.23. The van der Waals surface area contributed by atoms with Crippen LogP contribution >= 0.6 is 0 Å². The number of nitrogen functional groups attached to an aromatic ring is 1. The van der Waals surface area contributed by atoms with Gasteiger partial charge in [-0.1, -0.05) is 12.1 Å². The maximum absolute atomic E-state index is 12.0. The summed E-state index contributed by atoms with van der Waals surface area (Å²) in [4.78, 5) is 13.9. The minimum Gasteiger partial charge on any atom is -0.397 e. The summed E-state index contributed by atoms with van der Waals surface area (Å²) in [5.41, 5.74) is 10.4. The first-order chi connectivity index (χ1) is 10.0. The van der Waals surface area contributed by atoms with Gasteiger partial charge in [0.1, 0.15) is 0 Å². The number of nitrogens with one attached hydrogen (secondary N) is 1. The van der Waals surface area contributed by atoms with Crippen molar-refractivity contribution >= 4 is 23.0 Å². The Hall–Kier alpha value is -2.49. The van der Waals surface area contributed by atoms with Gasteiger partial charge in [0.2, 0.25) is 0 Å². The average molecular weight is 283 g/mol. The standard InChI is InChI=1S/C17H21N3O/c1-4-19-17(21)13-8-9-15(18)16(11-13)20(3)14-7-5-6-12(2)10-14/h5-11H,4,18H2,1-3H3,(H,19,21). The van der Waals surface area contributed by atoms with Crippen LogP contribution in [0.2, 0.25) is 0 Å². The summed E-state index contributed by atoms with van der Waals surface area (Å²) in [6.07, 6.45) is 0. The third kappa shape index (κ3) is 3.34. The maximum Gasteiger partial charge on any atom is 0.251 e. The minimum atomic E-state index is -0.0867. The van der Waals surface area contributed by atoms with E-state index in [1.807, 2.05) is 50.1 Å². The van der Waals surface area contributed by atoms with E-state index in [0.29, 0.717) is 17.8 Å². The molecule has 0 saturated heterocycles. The number of hydrogen-bond acceptors (Lipinski definition) is 3. The molecule has 0 aromatic heterocycles. The second kappa shape index (κ2) is 6.31. The molecule has 4 nitrogen and oxygen atoms in total. The quantitative estimate of drug-likeness (QED) is 0.848. The van der Waals surface area contributed by atoms with Gasteiger partial charge in [0.15, 0.2) is 0 Å². The molecule has 0 saturated carbocycles. The van der Waals surface area contributed by atoms with Crippen molar-refractivity contribution in [2.45, 2.75) is 13.8 Å². The molecule has 0 aliphatic rings. The van der Waals surface area contributed by atoms with Crippen molar-refractivity contribution in [3.05, 3.63) is 53.6 Å². The molecule has 0 atom stereocenters. The van der Waals surface area contributed by atoms with Crippen LogP contribution < -0.4 is 16.0 Å². The predicted octanol–water partition coefficient (Wildman–Crippen LogP) is 3.09. The Morgan fingerprint density at radius 2 is 2.00 bits per heavy atom. The topological polar surface area (TPSA) is 58.4 Å². The molecule has 3 N–H and O–H groups in total. The smallest absolute Gasteiger partial charge is 0.251 e. The van der Waals surface area contributed by atoms with Gasteiger partial charge in [-0.05, 0) is 49.7 Å². The van der Waals surface area contributed by atoms with Gasteiger partial charge in [0, 0.05) is 24.8 Å². The zero-order chi connectivity index (χ0) is 15.4. The molecule has 0 spiro atoms. The number of amides is 1. The van der Waals surface area contributed by atoms with E-state index >= 15 is 0 Å². The largest absolute Gasteiger partial charge is 0.397 e. The number of rotatable bonds is 4. The SMILES string of the molecule is CCNC(=O)c1ccc(N)c(N(C)c2cccc(C)c2)c1. The van der Waals surface area contributed by atoms with Gasteiger partial charge in [-0.15, -0.1) is 0 Å². The van der Waals surface area contributed by atoms with Crippen LogP contribution in [0.25, 0.3) is 0 Å². The highest BCUT2D eigenvalue weighted by molar-refractivity contribution is 5.96. The molecular weight excluding hydrogens is 262 g/mol. The second-order valence-corrected chi connectivity index (χ2v) is 5.03. The lowest BCUT2D eigenvalue weighted by molar-refractivity contribution is 0.0956. The summed E-state index contributed by atoms with van der Waals surface area (Å²) in [6, 6.07) is 13.5. The third-order valence-corrected chi connectivity index (χ3v) is 3.38. The Morgan fingerprint density at radius 1 is 1.24 bits per heavy atom. The molecule has 0 aliphatic heterocycles. The molecule has 0 unspecified atom stereocenters. The Balaban J connectivity index is 2.38. The average Bonchev–Trinajstić information content (AvgIpc) is 2.47. The Labute approximate surface area is 125 Å². The van der Waals surface area contributed by atoms with Crippen LogP contribution in [-0.2, 0) is 0 Å². The molecule has 0 fully saturated rings. The van der Waals surface area contributed by atoms with Gasteiger partial charge in [0.05, 0.1) is 11.4 Å². The van der Waals surface area contributed by atoms with Crippen molar-refractivity contribution in [1.29, 1.82) is 0 Å². The maximum atomic E-state index is 12.0. The van der Waals surface area contributed by atoms with Crippen LogP contribution in [0.5, 0.6) is 0 Å². The Morgan fingerprint density at radius 3 is 2.67 bits per heavy atom. The number of aryl methyl sites for hydroxylation is 1. The summed E-state index contributed by atoms with van der Waals surface area (Å²) < 4.78 is 0. The first-order valence-electron chi connectivity index (χ1n) is 7.01. The molecule has 0 heterocycles. The van der Waals surface area contributed by atoms with Crippen molar-refractivity contribution in [1.82, 2.24) is 5.32 Å². The highest BCUT2D eigenvalue weighted by Gasteiger charge is 2.12. The molecular formula is C17H21N3O. The Kier molecular flexibility index (Phi) is 4.48. The molecule has 2 rings (SSSR count). The van der Waals surface area contributed by atoms with Gasteiger partial charge in [-0.2, -0.15) is 0 Å². The van der Waals surface area contributed by atoms with Gasteiger partial charge in [-0.3, -0.25) is 4.79 Å². The molecule has 1 amide bonds. The fourth-order valence-electron chi connectivity index (χ4n) is 2.21. The molecule has 21 heavy (non-hydrogen) atoms. The van der Waals surface area contributed by atoms with Crippen molar-refractivity contribution in [3.63, 3.8) is 0 Å². The van der Waals surface area contributed by atoms with E-state index in [1.54, 1.807) is 12.1 Å². The van der Waals surface area contributed by atoms with E-state index in [1.165, 1.54) is 5.56 Å². The lowest BCUT2D eigenvalue weighted by Gasteiger charge is -2.22. The normalized spacial score (nSPS) is 10.2. The number of nitrogens with two attached hydrogens (primary N) is 1. The van der Waals surface area contributed by atoms with Crippen molar-refractivity contribution in [2.24, 2.45) is 0 Å². The van der Waals surface area contributed by atoms with Crippen molar-refractivity contribution in [2.75, 3.05) is 24.2 Å².